The molecule has 0 aromatic heterocycles. The summed E-state index contributed by atoms with van der Waals surface area (Å²) in [5.41, 5.74) is -0.852. The molecule has 0 unspecified atom stereocenters. The molecule has 0 spiro atoms. The predicted molar refractivity (Wildman–Crippen MR) is 66.4 cm³/mol. The number of nitrogens with zero attached hydrogens (tertiary/aromatic N) is 2. The first-order chi connectivity index (χ1) is 8.69. The van der Waals surface area contributed by atoms with Crippen molar-refractivity contribution in [1.82, 2.24) is 4.90 Å². The zero-order valence-corrected chi connectivity index (χ0v) is 10.8. The molecule has 4 nitrogen and oxygen atoms in total. The van der Waals surface area contributed by atoms with Crippen molar-refractivity contribution in [3.05, 3.63) is 0 Å². The molecule has 0 aromatic rings. The van der Waals surface area contributed by atoms with E-state index in [1.807, 2.05) is 0 Å². The van der Waals surface area contributed by atoms with Crippen molar-refractivity contribution in [2.45, 2.75) is 69.7 Å². The Kier molecular flexibility index (Phi) is 4.00. The third-order valence-electron chi connectivity index (χ3n) is 4.10. The second kappa shape index (κ2) is 5.51. The summed E-state index contributed by atoms with van der Waals surface area (Å²) in [6.45, 7) is 0. The summed E-state index contributed by atoms with van der Waals surface area (Å²) < 4.78 is 0. The quantitative estimate of drug-likeness (QED) is 0.529. The van der Waals surface area contributed by atoms with E-state index >= 15 is 0 Å². The lowest BCUT2D eigenvalue weighted by molar-refractivity contribution is -0.149. The Labute approximate surface area is 108 Å². The van der Waals surface area contributed by atoms with E-state index in [-0.39, 0.29) is 11.8 Å². The molecular weight excluding hydrogens is 228 g/mol. The summed E-state index contributed by atoms with van der Waals surface area (Å²) in [5, 5.41) is 9.55. The van der Waals surface area contributed by atoms with Crippen LogP contribution in [0.15, 0.2) is 0 Å². The lowest BCUT2D eigenvalue weighted by atomic mass is 9.89. The Bertz CT molecular complexity index is 358. The minimum Gasteiger partial charge on any atom is -0.274 e. The van der Waals surface area contributed by atoms with Gasteiger partial charge in [0.2, 0.25) is 11.8 Å². The van der Waals surface area contributed by atoms with Gasteiger partial charge in [-0.05, 0) is 25.7 Å². The van der Waals surface area contributed by atoms with E-state index in [0.29, 0.717) is 25.7 Å². The van der Waals surface area contributed by atoms with Crippen LogP contribution in [0.2, 0.25) is 0 Å². The van der Waals surface area contributed by atoms with E-state index in [2.05, 4.69) is 6.07 Å². The Balaban J connectivity index is 2.31. The summed E-state index contributed by atoms with van der Waals surface area (Å²) in [6.07, 6.45) is 7.73. The first kappa shape index (κ1) is 13.1. The zero-order valence-electron chi connectivity index (χ0n) is 10.8. The number of hydrogen-bond donors (Lipinski definition) is 0. The van der Waals surface area contributed by atoms with Crippen LogP contribution in [0.3, 0.4) is 0 Å². The molecule has 1 heterocycles. The first-order valence-electron chi connectivity index (χ1n) is 6.97. The van der Waals surface area contributed by atoms with Crippen LogP contribution in [0.25, 0.3) is 0 Å². The largest absolute Gasteiger partial charge is 0.274 e. The second-order valence-electron chi connectivity index (χ2n) is 5.39. The molecule has 0 aromatic carbocycles. The van der Waals surface area contributed by atoms with Gasteiger partial charge in [-0.25, -0.2) is 0 Å². The molecule has 2 fully saturated rings. The van der Waals surface area contributed by atoms with E-state index in [0.717, 1.165) is 38.5 Å². The normalized spacial score (nSPS) is 25.2. The summed E-state index contributed by atoms with van der Waals surface area (Å²) >= 11 is 0. The van der Waals surface area contributed by atoms with Crippen molar-refractivity contribution >= 4 is 11.8 Å². The van der Waals surface area contributed by atoms with E-state index in [4.69, 9.17) is 0 Å². The van der Waals surface area contributed by atoms with E-state index in [9.17, 15) is 14.9 Å². The molecule has 0 N–H and O–H groups in total. The Hall–Kier alpha value is -1.37. The molecule has 1 aliphatic carbocycles. The lowest BCUT2D eigenvalue weighted by Crippen LogP contribution is -2.53. The maximum Gasteiger partial charge on any atom is 0.230 e. The molecule has 18 heavy (non-hydrogen) atoms. The van der Waals surface area contributed by atoms with Crippen molar-refractivity contribution in [1.29, 1.82) is 5.26 Å². The first-order valence-corrected chi connectivity index (χ1v) is 6.97. The van der Waals surface area contributed by atoms with Crippen LogP contribution in [0.5, 0.6) is 0 Å². The lowest BCUT2D eigenvalue weighted by Gasteiger charge is -2.36. The molecule has 0 atom stereocenters. The van der Waals surface area contributed by atoms with E-state index < -0.39 is 5.54 Å². The average Bonchev–Trinajstić information content (AvgIpc) is 2.69. The Morgan fingerprint density at radius 2 is 1.39 bits per heavy atom. The highest BCUT2D eigenvalue weighted by atomic mass is 16.2. The van der Waals surface area contributed by atoms with Crippen LogP contribution in [-0.4, -0.2) is 22.3 Å². The minimum atomic E-state index is -0.852. The monoisotopic (exact) mass is 248 g/mol. The topological polar surface area (TPSA) is 61.2 Å². The van der Waals surface area contributed by atoms with Gasteiger partial charge in [0.25, 0.3) is 0 Å². The summed E-state index contributed by atoms with van der Waals surface area (Å²) in [4.78, 5) is 25.6. The molecule has 2 amide bonds. The van der Waals surface area contributed by atoms with Crippen molar-refractivity contribution in [3.63, 3.8) is 0 Å². The Morgan fingerprint density at radius 3 is 1.83 bits per heavy atom. The number of rotatable bonds is 1. The predicted octanol–water partition coefficient (Wildman–Crippen LogP) is 2.53. The van der Waals surface area contributed by atoms with E-state index in [1.54, 1.807) is 0 Å². The summed E-state index contributed by atoms with van der Waals surface area (Å²) in [7, 11) is 0. The molecule has 98 valence electrons. The maximum absolute atomic E-state index is 12.2. The number of likely N-dealkylation sites (tertiary alicyclic amines) is 1. The van der Waals surface area contributed by atoms with Crippen molar-refractivity contribution in [2.24, 2.45) is 0 Å². The highest BCUT2D eigenvalue weighted by Crippen LogP contribution is 2.34. The second-order valence-corrected chi connectivity index (χ2v) is 5.39. The SMILES string of the molecule is N#CC1(N2C(=O)CCCCC2=O)CCCCCC1. The van der Waals surface area contributed by atoms with Gasteiger partial charge in [0, 0.05) is 12.8 Å². The van der Waals surface area contributed by atoms with Gasteiger partial charge in [0.1, 0.15) is 5.54 Å². The number of nitriles is 1. The number of carbonyl (C=O) groups excluding carboxylic acids is 2. The summed E-state index contributed by atoms with van der Waals surface area (Å²) in [6, 6.07) is 2.30. The maximum atomic E-state index is 12.2. The standard InChI is InChI=1S/C14H20N2O2/c15-11-14(9-5-1-2-6-10-14)16-12(17)7-3-4-8-13(16)18/h1-10H2. The van der Waals surface area contributed by atoms with Gasteiger partial charge in [-0.1, -0.05) is 25.7 Å². The number of imide groups is 1. The fourth-order valence-electron chi connectivity index (χ4n) is 3.09. The molecule has 0 radical (unpaired) electrons. The average molecular weight is 248 g/mol. The van der Waals surface area contributed by atoms with Gasteiger partial charge in [0.05, 0.1) is 6.07 Å². The number of amides is 2. The van der Waals surface area contributed by atoms with Crippen molar-refractivity contribution < 1.29 is 9.59 Å². The fourth-order valence-corrected chi connectivity index (χ4v) is 3.09. The molecule has 1 saturated carbocycles. The van der Waals surface area contributed by atoms with Crippen LogP contribution < -0.4 is 0 Å². The molecular formula is C14H20N2O2. The third kappa shape index (κ3) is 2.40. The zero-order chi connectivity index (χ0) is 13.0. The van der Waals surface area contributed by atoms with Gasteiger partial charge in [0.15, 0.2) is 0 Å². The van der Waals surface area contributed by atoms with Crippen LogP contribution in [0.4, 0.5) is 0 Å². The molecule has 2 aliphatic rings. The van der Waals surface area contributed by atoms with E-state index in [1.165, 1.54) is 4.90 Å². The van der Waals surface area contributed by atoms with Gasteiger partial charge < -0.3 is 0 Å². The molecule has 2 rings (SSSR count). The van der Waals surface area contributed by atoms with Gasteiger partial charge in [-0.2, -0.15) is 5.26 Å². The van der Waals surface area contributed by atoms with Crippen LogP contribution in [-0.2, 0) is 9.59 Å². The molecule has 1 saturated heterocycles. The van der Waals surface area contributed by atoms with Crippen molar-refractivity contribution in [2.75, 3.05) is 0 Å². The minimum absolute atomic E-state index is 0.138. The van der Waals surface area contributed by atoms with Gasteiger partial charge >= 0.3 is 0 Å². The highest BCUT2D eigenvalue weighted by Gasteiger charge is 2.44. The smallest absolute Gasteiger partial charge is 0.230 e. The number of carbonyl (C=O) groups is 2. The third-order valence-corrected chi connectivity index (χ3v) is 4.10. The van der Waals surface area contributed by atoms with Crippen LogP contribution in [0, 0.1) is 11.3 Å². The fraction of sp³-hybridized carbons (Fsp3) is 0.786. The highest BCUT2D eigenvalue weighted by molar-refractivity contribution is 5.97. The van der Waals surface area contributed by atoms with Gasteiger partial charge in [-0.3, -0.25) is 14.5 Å². The summed E-state index contributed by atoms with van der Waals surface area (Å²) in [5.74, 6) is -0.276. The van der Waals surface area contributed by atoms with Crippen molar-refractivity contribution in [3.8, 4) is 6.07 Å². The van der Waals surface area contributed by atoms with Crippen LogP contribution >= 0.6 is 0 Å². The number of hydrogen-bond acceptors (Lipinski definition) is 3. The molecule has 4 heteroatoms. The molecule has 0 bridgehead atoms. The van der Waals surface area contributed by atoms with Crippen LogP contribution in [0.1, 0.15) is 64.2 Å². The van der Waals surface area contributed by atoms with Gasteiger partial charge in [-0.15, -0.1) is 0 Å². The Morgan fingerprint density at radius 1 is 0.889 bits per heavy atom. The molecule has 1 aliphatic heterocycles.